The van der Waals surface area contributed by atoms with E-state index in [1.807, 2.05) is 44.6 Å². The molecular formula is C11H16BN3O2. The smallest absolute Gasteiger partial charge is 0.399 e. The van der Waals surface area contributed by atoms with Crippen LogP contribution in [0.3, 0.4) is 0 Å². The number of nitrogens with one attached hydrogen (secondary N) is 1. The van der Waals surface area contributed by atoms with Crippen LogP contribution < -0.4 is 5.46 Å². The molecule has 0 atom stereocenters. The van der Waals surface area contributed by atoms with Gasteiger partial charge in [0.15, 0.2) is 5.65 Å². The van der Waals surface area contributed by atoms with Crippen LogP contribution in [0.4, 0.5) is 0 Å². The minimum absolute atomic E-state index is 0.321. The molecule has 1 fully saturated rings. The van der Waals surface area contributed by atoms with Crippen LogP contribution >= 0.6 is 0 Å². The Hall–Kier alpha value is -1.27. The molecule has 1 aliphatic rings. The van der Waals surface area contributed by atoms with Gasteiger partial charge in [0.2, 0.25) is 0 Å². The third-order valence-electron chi connectivity index (χ3n) is 3.77. The van der Waals surface area contributed by atoms with E-state index in [1.54, 1.807) is 6.20 Å². The lowest BCUT2D eigenvalue weighted by molar-refractivity contribution is 0.00578. The van der Waals surface area contributed by atoms with Gasteiger partial charge < -0.3 is 14.4 Å². The molecular weight excluding hydrogens is 217 g/mol. The van der Waals surface area contributed by atoms with Crippen molar-refractivity contribution in [3.8, 4) is 0 Å². The zero-order chi connectivity index (χ0) is 12.3. The molecule has 0 saturated carbocycles. The number of hydrogen-bond donors (Lipinski definition) is 1. The maximum atomic E-state index is 5.99. The first kappa shape index (κ1) is 10.9. The molecule has 17 heavy (non-hydrogen) atoms. The van der Waals surface area contributed by atoms with Crippen molar-refractivity contribution >= 4 is 18.2 Å². The largest absolute Gasteiger partial charge is 0.500 e. The first-order chi connectivity index (χ1) is 7.91. The molecule has 1 saturated heterocycles. The summed E-state index contributed by atoms with van der Waals surface area (Å²) in [4.78, 5) is 4.29. The number of imidazole rings is 1. The number of rotatable bonds is 1. The van der Waals surface area contributed by atoms with Crippen LogP contribution in [0.25, 0.3) is 5.65 Å². The van der Waals surface area contributed by atoms with E-state index < -0.39 is 0 Å². The van der Waals surface area contributed by atoms with E-state index in [4.69, 9.17) is 9.31 Å². The molecule has 0 aliphatic carbocycles. The van der Waals surface area contributed by atoms with Crippen LogP contribution in [0.15, 0.2) is 18.6 Å². The molecule has 0 spiro atoms. The Labute approximate surface area is 100 Å². The topological polar surface area (TPSA) is 51.5 Å². The Balaban J connectivity index is 2.01. The minimum Gasteiger partial charge on any atom is -0.399 e. The molecule has 1 aliphatic heterocycles. The zero-order valence-electron chi connectivity index (χ0n) is 10.5. The van der Waals surface area contributed by atoms with Crippen molar-refractivity contribution in [2.75, 3.05) is 0 Å². The molecule has 2 aromatic rings. The summed E-state index contributed by atoms with van der Waals surface area (Å²) in [6.07, 6.45) is 5.50. The molecule has 6 heteroatoms. The van der Waals surface area contributed by atoms with E-state index in [2.05, 4.69) is 10.1 Å². The summed E-state index contributed by atoms with van der Waals surface area (Å²) >= 11 is 0. The average molecular weight is 233 g/mol. The van der Waals surface area contributed by atoms with Crippen LogP contribution in [0, 0.1) is 0 Å². The standard InChI is InChI=1S/C11H16BN3O2/c1-10(2)11(3,4)17-12(16-10)8-7-14-15-6-5-13-9(8)15/h5-7,14H,1-4H3. The Morgan fingerprint density at radius 3 is 2.53 bits per heavy atom. The maximum Gasteiger partial charge on any atom is 0.500 e. The molecule has 0 amide bonds. The number of hydrogen-bond acceptors (Lipinski definition) is 3. The van der Waals surface area contributed by atoms with Gasteiger partial charge in [0.05, 0.1) is 11.2 Å². The van der Waals surface area contributed by atoms with Gasteiger partial charge in [-0.25, -0.2) is 9.50 Å². The third-order valence-corrected chi connectivity index (χ3v) is 3.77. The normalized spacial score (nSPS) is 22.5. The molecule has 1 N–H and O–H groups in total. The van der Waals surface area contributed by atoms with Crippen molar-refractivity contribution in [2.24, 2.45) is 0 Å². The lowest BCUT2D eigenvalue weighted by atomic mass is 9.81. The Kier molecular flexibility index (Phi) is 2.01. The van der Waals surface area contributed by atoms with E-state index in [9.17, 15) is 0 Å². The molecule has 0 unspecified atom stereocenters. The molecule has 90 valence electrons. The molecule has 0 bridgehead atoms. The van der Waals surface area contributed by atoms with E-state index >= 15 is 0 Å². The first-order valence-corrected chi connectivity index (χ1v) is 5.77. The second kappa shape index (κ2) is 3.14. The van der Waals surface area contributed by atoms with Crippen molar-refractivity contribution in [3.63, 3.8) is 0 Å². The summed E-state index contributed by atoms with van der Waals surface area (Å²) in [5, 5.41) is 3.09. The molecule has 3 rings (SSSR count). The highest BCUT2D eigenvalue weighted by molar-refractivity contribution is 6.64. The summed E-state index contributed by atoms with van der Waals surface area (Å²) in [5.41, 5.74) is 1.15. The van der Waals surface area contributed by atoms with Crippen LogP contribution in [-0.4, -0.2) is 32.9 Å². The molecule has 3 heterocycles. The summed E-state index contributed by atoms with van der Waals surface area (Å²) in [6, 6.07) is 0. The summed E-state index contributed by atoms with van der Waals surface area (Å²) in [5.74, 6) is 0. The second-order valence-corrected chi connectivity index (χ2v) is 5.44. The molecule has 5 nitrogen and oxygen atoms in total. The van der Waals surface area contributed by atoms with Gasteiger partial charge in [0, 0.05) is 24.1 Å². The monoisotopic (exact) mass is 233 g/mol. The fourth-order valence-corrected chi connectivity index (χ4v) is 1.97. The predicted molar refractivity (Wildman–Crippen MR) is 65.3 cm³/mol. The number of nitrogens with zero attached hydrogens (tertiary/aromatic N) is 2. The van der Waals surface area contributed by atoms with Crippen LogP contribution in [0.2, 0.25) is 0 Å². The van der Waals surface area contributed by atoms with E-state index in [1.165, 1.54) is 0 Å². The first-order valence-electron chi connectivity index (χ1n) is 5.77. The van der Waals surface area contributed by atoms with Gasteiger partial charge in [-0.3, -0.25) is 0 Å². The van der Waals surface area contributed by atoms with Crippen molar-refractivity contribution in [1.82, 2.24) is 14.6 Å². The van der Waals surface area contributed by atoms with Gasteiger partial charge >= 0.3 is 7.12 Å². The highest BCUT2D eigenvalue weighted by Gasteiger charge is 2.52. The Morgan fingerprint density at radius 2 is 1.88 bits per heavy atom. The third kappa shape index (κ3) is 1.44. The number of aromatic amines is 1. The highest BCUT2D eigenvalue weighted by Crippen LogP contribution is 2.36. The van der Waals surface area contributed by atoms with Crippen LogP contribution in [0.1, 0.15) is 27.7 Å². The van der Waals surface area contributed by atoms with Gasteiger partial charge in [-0.05, 0) is 27.7 Å². The van der Waals surface area contributed by atoms with Crippen molar-refractivity contribution in [2.45, 2.75) is 38.9 Å². The quantitative estimate of drug-likeness (QED) is 0.746. The second-order valence-electron chi connectivity index (χ2n) is 5.44. The molecule has 2 aromatic heterocycles. The van der Waals surface area contributed by atoms with Crippen molar-refractivity contribution < 1.29 is 9.31 Å². The molecule has 0 aromatic carbocycles. The number of H-pyrrole nitrogens is 1. The molecule has 0 radical (unpaired) electrons. The van der Waals surface area contributed by atoms with E-state index in [-0.39, 0.29) is 18.3 Å². The van der Waals surface area contributed by atoms with E-state index in [0.717, 1.165) is 11.1 Å². The fourth-order valence-electron chi connectivity index (χ4n) is 1.97. The highest BCUT2D eigenvalue weighted by atomic mass is 16.7. The van der Waals surface area contributed by atoms with Gasteiger partial charge in [-0.1, -0.05) is 0 Å². The SMILES string of the molecule is CC1(C)OB(c2c[nH]n3ccnc23)OC1(C)C. The van der Waals surface area contributed by atoms with Gasteiger partial charge in [-0.2, -0.15) is 0 Å². The van der Waals surface area contributed by atoms with Gasteiger partial charge in [-0.15, -0.1) is 0 Å². The Morgan fingerprint density at radius 1 is 1.24 bits per heavy atom. The lowest BCUT2D eigenvalue weighted by Crippen LogP contribution is -2.41. The average Bonchev–Trinajstić information content (AvgIpc) is 2.78. The minimum atomic E-state index is -0.365. The summed E-state index contributed by atoms with van der Waals surface area (Å²) in [7, 11) is -0.365. The van der Waals surface area contributed by atoms with Crippen molar-refractivity contribution in [1.29, 1.82) is 0 Å². The van der Waals surface area contributed by atoms with E-state index in [0.29, 0.717) is 0 Å². The van der Waals surface area contributed by atoms with Crippen LogP contribution in [0.5, 0.6) is 0 Å². The van der Waals surface area contributed by atoms with Gasteiger partial charge in [0.25, 0.3) is 0 Å². The lowest BCUT2D eigenvalue weighted by Gasteiger charge is -2.32. The number of fused-ring (bicyclic) bond motifs is 1. The maximum absolute atomic E-state index is 5.99. The predicted octanol–water partition coefficient (Wildman–Crippen LogP) is 0.962. The zero-order valence-corrected chi connectivity index (χ0v) is 10.5. The van der Waals surface area contributed by atoms with Crippen LogP contribution in [-0.2, 0) is 9.31 Å². The Bertz CT molecular complexity index is 542. The summed E-state index contributed by atoms with van der Waals surface area (Å²) in [6.45, 7) is 8.18. The van der Waals surface area contributed by atoms with Crippen molar-refractivity contribution in [3.05, 3.63) is 18.6 Å². The van der Waals surface area contributed by atoms with Gasteiger partial charge in [0.1, 0.15) is 0 Å². The number of aromatic nitrogens is 3. The fraction of sp³-hybridized carbons (Fsp3) is 0.545. The summed E-state index contributed by atoms with van der Waals surface area (Å²) < 4.78 is 13.8.